The summed E-state index contributed by atoms with van der Waals surface area (Å²) in [4.78, 5) is 28.9. The van der Waals surface area contributed by atoms with Crippen LogP contribution in [0.5, 0.6) is 0 Å². The lowest BCUT2D eigenvalue weighted by molar-refractivity contribution is -0.138. The highest BCUT2D eigenvalue weighted by atomic mass is 16.5. The molecule has 0 bridgehead atoms. The molecule has 8 nitrogen and oxygen atoms in total. The molecule has 3 rings (SSSR count). The Labute approximate surface area is 158 Å². The SMILES string of the molecule is CCc1nc2c(C(=O)NC3CCC(N)CC3)cccn2c1NCC(=O)OC. The van der Waals surface area contributed by atoms with E-state index in [0.29, 0.717) is 23.4 Å². The van der Waals surface area contributed by atoms with E-state index in [1.165, 1.54) is 7.11 Å². The van der Waals surface area contributed by atoms with Gasteiger partial charge in [-0.05, 0) is 44.2 Å². The number of nitrogens with zero attached hydrogens (tertiary/aromatic N) is 2. The Morgan fingerprint density at radius 2 is 2.07 bits per heavy atom. The van der Waals surface area contributed by atoms with Gasteiger partial charge in [0, 0.05) is 18.3 Å². The summed E-state index contributed by atoms with van der Waals surface area (Å²) in [5.41, 5.74) is 7.83. The van der Waals surface area contributed by atoms with Gasteiger partial charge in [-0.1, -0.05) is 6.92 Å². The number of anilines is 1. The molecule has 0 aromatic carbocycles. The van der Waals surface area contributed by atoms with Gasteiger partial charge < -0.3 is 21.1 Å². The summed E-state index contributed by atoms with van der Waals surface area (Å²) in [5.74, 6) is 0.209. The number of rotatable bonds is 6. The highest BCUT2D eigenvalue weighted by molar-refractivity contribution is 6.00. The summed E-state index contributed by atoms with van der Waals surface area (Å²) in [6.45, 7) is 2.02. The van der Waals surface area contributed by atoms with E-state index in [4.69, 9.17) is 5.73 Å². The Bertz CT molecular complexity index is 824. The number of hydrogen-bond acceptors (Lipinski definition) is 6. The Kier molecular flexibility index (Phi) is 5.95. The maximum atomic E-state index is 12.8. The fourth-order valence-electron chi connectivity index (χ4n) is 3.48. The number of methoxy groups -OCH3 is 1. The highest BCUT2D eigenvalue weighted by Gasteiger charge is 2.23. The minimum Gasteiger partial charge on any atom is -0.468 e. The van der Waals surface area contributed by atoms with Gasteiger partial charge in [0.25, 0.3) is 5.91 Å². The summed E-state index contributed by atoms with van der Waals surface area (Å²) in [6.07, 6.45) is 6.16. The molecule has 2 heterocycles. The van der Waals surface area contributed by atoms with Gasteiger partial charge in [-0.3, -0.25) is 14.0 Å². The molecule has 27 heavy (non-hydrogen) atoms. The number of esters is 1. The van der Waals surface area contributed by atoms with Crippen LogP contribution < -0.4 is 16.4 Å². The van der Waals surface area contributed by atoms with Crippen LogP contribution >= 0.6 is 0 Å². The zero-order chi connectivity index (χ0) is 19.4. The van der Waals surface area contributed by atoms with Crippen molar-refractivity contribution in [1.29, 1.82) is 0 Å². The second-order valence-corrected chi connectivity index (χ2v) is 6.89. The summed E-state index contributed by atoms with van der Waals surface area (Å²) in [6, 6.07) is 3.97. The molecule has 2 aromatic heterocycles. The maximum Gasteiger partial charge on any atom is 0.325 e. The average Bonchev–Trinajstić information content (AvgIpc) is 3.05. The molecular formula is C19H27N5O3. The molecular weight excluding hydrogens is 346 g/mol. The molecule has 1 saturated carbocycles. The van der Waals surface area contributed by atoms with Crippen LogP contribution in [0.15, 0.2) is 18.3 Å². The Morgan fingerprint density at radius 1 is 1.33 bits per heavy atom. The van der Waals surface area contributed by atoms with Gasteiger partial charge in [-0.25, -0.2) is 4.98 Å². The van der Waals surface area contributed by atoms with Gasteiger partial charge in [-0.15, -0.1) is 0 Å². The van der Waals surface area contributed by atoms with Crippen molar-refractivity contribution in [2.45, 2.75) is 51.1 Å². The predicted molar refractivity (Wildman–Crippen MR) is 103 cm³/mol. The molecule has 2 aromatic rings. The molecule has 146 valence electrons. The number of amides is 1. The fraction of sp³-hybridized carbons (Fsp3) is 0.526. The Hall–Kier alpha value is -2.61. The number of aryl methyl sites for hydroxylation is 1. The average molecular weight is 373 g/mol. The zero-order valence-electron chi connectivity index (χ0n) is 15.8. The third-order valence-corrected chi connectivity index (χ3v) is 5.04. The van der Waals surface area contributed by atoms with E-state index in [-0.39, 0.29) is 30.5 Å². The molecule has 0 radical (unpaired) electrons. The molecule has 1 fully saturated rings. The first-order valence-electron chi connectivity index (χ1n) is 9.40. The monoisotopic (exact) mass is 373 g/mol. The lowest BCUT2D eigenvalue weighted by Gasteiger charge is -2.26. The minimum absolute atomic E-state index is 0.0377. The van der Waals surface area contributed by atoms with Crippen molar-refractivity contribution in [2.24, 2.45) is 5.73 Å². The van der Waals surface area contributed by atoms with E-state index in [9.17, 15) is 9.59 Å². The van der Waals surface area contributed by atoms with E-state index >= 15 is 0 Å². The van der Waals surface area contributed by atoms with E-state index in [1.54, 1.807) is 6.07 Å². The molecule has 0 unspecified atom stereocenters. The van der Waals surface area contributed by atoms with Crippen LogP contribution in [0.3, 0.4) is 0 Å². The van der Waals surface area contributed by atoms with E-state index in [0.717, 1.165) is 31.4 Å². The molecule has 1 aliphatic carbocycles. The van der Waals surface area contributed by atoms with Crippen molar-refractivity contribution < 1.29 is 14.3 Å². The number of nitrogens with two attached hydrogens (primary N) is 1. The molecule has 0 aliphatic heterocycles. The Balaban J connectivity index is 1.84. The first-order valence-corrected chi connectivity index (χ1v) is 9.40. The van der Waals surface area contributed by atoms with Crippen molar-refractivity contribution in [3.05, 3.63) is 29.6 Å². The van der Waals surface area contributed by atoms with Crippen LogP contribution in [-0.4, -0.2) is 47.0 Å². The predicted octanol–water partition coefficient (Wildman–Crippen LogP) is 1.48. The number of fused-ring (bicyclic) bond motifs is 1. The topological polar surface area (TPSA) is 111 Å². The van der Waals surface area contributed by atoms with Crippen LogP contribution in [0.2, 0.25) is 0 Å². The van der Waals surface area contributed by atoms with Crippen molar-refractivity contribution in [1.82, 2.24) is 14.7 Å². The largest absolute Gasteiger partial charge is 0.468 e. The fourth-order valence-corrected chi connectivity index (χ4v) is 3.48. The maximum absolute atomic E-state index is 12.8. The quantitative estimate of drug-likeness (QED) is 0.662. The Morgan fingerprint density at radius 3 is 2.74 bits per heavy atom. The van der Waals surface area contributed by atoms with Crippen molar-refractivity contribution >= 4 is 23.3 Å². The smallest absolute Gasteiger partial charge is 0.325 e. The number of nitrogens with one attached hydrogen (secondary N) is 2. The lowest BCUT2D eigenvalue weighted by atomic mass is 9.91. The number of imidazole rings is 1. The highest BCUT2D eigenvalue weighted by Crippen LogP contribution is 2.22. The minimum atomic E-state index is -0.364. The summed E-state index contributed by atoms with van der Waals surface area (Å²) in [5, 5.41) is 6.18. The van der Waals surface area contributed by atoms with Crippen LogP contribution in [0.1, 0.15) is 48.7 Å². The second kappa shape index (κ2) is 8.39. The lowest BCUT2D eigenvalue weighted by Crippen LogP contribution is -2.40. The van der Waals surface area contributed by atoms with Gasteiger partial charge in [0.15, 0.2) is 5.65 Å². The van der Waals surface area contributed by atoms with Gasteiger partial charge >= 0.3 is 5.97 Å². The van der Waals surface area contributed by atoms with Crippen molar-refractivity contribution in [2.75, 3.05) is 19.0 Å². The number of aromatic nitrogens is 2. The molecule has 0 spiro atoms. The third-order valence-electron chi connectivity index (χ3n) is 5.04. The molecule has 0 saturated heterocycles. The standard InChI is InChI=1S/C19H27N5O3/c1-3-15-18(21-11-16(25)27-2)24-10-4-5-14(17(24)23-15)19(26)22-13-8-6-12(20)7-9-13/h4-5,10,12-13,21H,3,6-9,11,20H2,1-2H3,(H,22,26). The number of carbonyl (C=O) groups excluding carboxylic acids is 2. The molecule has 4 N–H and O–H groups in total. The molecule has 1 aliphatic rings. The van der Waals surface area contributed by atoms with Gasteiger partial charge in [0.05, 0.1) is 18.4 Å². The van der Waals surface area contributed by atoms with Crippen molar-refractivity contribution in [3.63, 3.8) is 0 Å². The van der Waals surface area contributed by atoms with E-state index < -0.39 is 0 Å². The molecule has 8 heteroatoms. The third kappa shape index (κ3) is 4.21. The number of pyridine rings is 1. The normalized spacial score (nSPS) is 19.7. The first-order chi connectivity index (χ1) is 13.0. The van der Waals surface area contributed by atoms with Crippen molar-refractivity contribution in [3.8, 4) is 0 Å². The van der Waals surface area contributed by atoms with Crippen LogP contribution in [0.25, 0.3) is 5.65 Å². The van der Waals surface area contributed by atoms with Crippen LogP contribution in [-0.2, 0) is 16.0 Å². The summed E-state index contributed by atoms with van der Waals surface area (Å²) in [7, 11) is 1.35. The number of carbonyl (C=O) groups is 2. The van der Waals surface area contributed by atoms with E-state index in [1.807, 2.05) is 23.6 Å². The number of ether oxygens (including phenoxy) is 1. The first kappa shape index (κ1) is 19.2. The number of hydrogen-bond donors (Lipinski definition) is 3. The zero-order valence-corrected chi connectivity index (χ0v) is 15.8. The van der Waals surface area contributed by atoms with Crippen LogP contribution in [0.4, 0.5) is 5.82 Å². The van der Waals surface area contributed by atoms with Crippen LogP contribution in [0, 0.1) is 0 Å². The second-order valence-electron chi connectivity index (χ2n) is 6.89. The summed E-state index contributed by atoms with van der Waals surface area (Å²) < 4.78 is 6.50. The molecule has 1 amide bonds. The van der Waals surface area contributed by atoms with E-state index in [2.05, 4.69) is 20.4 Å². The summed E-state index contributed by atoms with van der Waals surface area (Å²) >= 11 is 0. The van der Waals surface area contributed by atoms with Gasteiger partial charge in [0.2, 0.25) is 0 Å². The van der Waals surface area contributed by atoms with Gasteiger partial charge in [0.1, 0.15) is 12.4 Å². The van der Waals surface area contributed by atoms with Gasteiger partial charge in [-0.2, -0.15) is 0 Å². The molecule has 0 atom stereocenters.